The molecule has 316 valence electrons. The van der Waals surface area contributed by atoms with E-state index in [0.717, 1.165) is 32.0 Å². The van der Waals surface area contributed by atoms with E-state index < -0.39 is 45.2 Å². The number of pyridine rings is 1. The van der Waals surface area contributed by atoms with Crippen LogP contribution in [0.2, 0.25) is 18.1 Å². The van der Waals surface area contributed by atoms with Crippen LogP contribution in [0.15, 0.2) is 141 Å². The molecule has 4 heterocycles. The van der Waals surface area contributed by atoms with Gasteiger partial charge < -0.3 is 14.1 Å². The number of fused-ring (bicyclic) bond motifs is 1. The lowest BCUT2D eigenvalue weighted by Gasteiger charge is -2.54. The number of rotatable bonds is 15. The van der Waals surface area contributed by atoms with Crippen LogP contribution in [0.25, 0.3) is 4.83 Å². The molecule has 61 heavy (non-hydrogen) atoms. The number of amides is 1. The van der Waals surface area contributed by atoms with Gasteiger partial charge in [0.05, 0.1) is 28.6 Å². The van der Waals surface area contributed by atoms with Crippen molar-refractivity contribution >= 4 is 70.4 Å². The second-order valence-electron chi connectivity index (χ2n) is 17.3. The Morgan fingerprint density at radius 2 is 1.48 bits per heavy atom. The molecule has 0 spiro atoms. The Bertz CT molecular complexity index is 2490. The number of ether oxygens (including phenoxy) is 1. The van der Waals surface area contributed by atoms with Crippen molar-refractivity contribution in [2.24, 2.45) is 11.8 Å². The number of carbonyl (C=O) groups is 3. The first kappa shape index (κ1) is 43.9. The third kappa shape index (κ3) is 8.05. The number of aromatic nitrogens is 3. The number of esters is 1. The van der Waals surface area contributed by atoms with Gasteiger partial charge in [-0.3, -0.25) is 19.0 Å². The number of thiazole rings is 1. The molecule has 0 bridgehead atoms. The average molecular weight is 871 g/mol. The van der Waals surface area contributed by atoms with Crippen LogP contribution in [0.3, 0.4) is 0 Å². The van der Waals surface area contributed by atoms with E-state index in [1.54, 1.807) is 17.4 Å². The minimum Gasteiger partial charge on any atom is -0.457 e. The smallest absolute Gasteiger partial charge is 0.356 e. The molecule has 3 aromatic heterocycles. The summed E-state index contributed by atoms with van der Waals surface area (Å²) in [5, 5.41) is 2.47. The predicted molar refractivity (Wildman–Crippen MR) is 251 cm³/mol. The molecule has 1 fully saturated rings. The molecule has 0 N–H and O–H groups in total. The van der Waals surface area contributed by atoms with Crippen LogP contribution < -0.4 is 15.9 Å². The van der Waals surface area contributed by atoms with E-state index in [1.807, 2.05) is 134 Å². The highest BCUT2D eigenvalue weighted by Crippen LogP contribution is 2.51. The van der Waals surface area contributed by atoms with E-state index in [-0.39, 0.29) is 34.7 Å². The van der Waals surface area contributed by atoms with Gasteiger partial charge in [-0.05, 0) is 52.6 Å². The number of carbonyl (C=O) groups excluding carboxylic acids is 3. The topological polar surface area (TPSA) is 103 Å². The van der Waals surface area contributed by atoms with Gasteiger partial charge in [0.2, 0.25) is 5.91 Å². The lowest BCUT2D eigenvalue weighted by molar-refractivity contribution is -0.158. The third-order valence-corrected chi connectivity index (χ3v) is 22.4. The predicted octanol–water partition coefficient (Wildman–Crippen LogP) is 8.85. The molecule has 7 rings (SSSR count). The Morgan fingerprint density at radius 1 is 0.902 bits per heavy atom. The molecule has 1 aliphatic rings. The van der Waals surface area contributed by atoms with E-state index in [4.69, 9.17) is 14.1 Å². The van der Waals surface area contributed by atoms with Gasteiger partial charge in [0.15, 0.2) is 14.1 Å². The van der Waals surface area contributed by atoms with Crippen LogP contribution in [0, 0.1) is 11.8 Å². The maximum atomic E-state index is 15.4. The molecule has 6 aromatic rings. The summed E-state index contributed by atoms with van der Waals surface area (Å²) in [6.45, 7) is 17.3. The standard InChI is InChI=1S/C49H55N4O5PSSi/c1-10-29-57-48(56)46(59(37-22-14-11-15-23-37,38-24-16-12-17-25-38)39-26-18-13-19-27-39)53-43(41(45(53)55)35(4)58-61(8,9)49(5,6)7)34(3)44(54)40-31-52-32-51-42(47(52)60-40)33(2)36-21-20-28-50-30-36/h10-28,30-35,41,43H,1,29H2,2-9H3/t33?,34-,35+,41-,43-/m1/s1. The molecule has 5 atom stereocenters. The lowest BCUT2D eigenvalue weighted by atomic mass is 9.75. The Labute approximate surface area is 364 Å². The van der Waals surface area contributed by atoms with E-state index in [2.05, 4.69) is 52.4 Å². The minimum atomic E-state index is -3.23. The number of benzene rings is 3. The number of likely N-dealkylation sites (tertiary alicyclic amines) is 1. The molecule has 1 aliphatic heterocycles. The second kappa shape index (κ2) is 17.7. The molecular formula is C49H55N4O5PSSi. The van der Waals surface area contributed by atoms with Crippen molar-refractivity contribution in [3.8, 4) is 0 Å². The van der Waals surface area contributed by atoms with Crippen LogP contribution in [0.5, 0.6) is 0 Å². The van der Waals surface area contributed by atoms with Gasteiger partial charge in [-0.25, -0.2) is 9.78 Å². The molecule has 1 saturated heterocycles. The zero-order chi connectivity index (χ0) is 43.7. The van der Waals surface area contributed by atoms with E-state index in [9.17, 15) is 0 Å². The number of β-lactam (4-membered cyclic amide) rings is 1. The highest BCUT2D eigenvalue weighted by atomic mass is 32.1. The van der Waals surface area contributed by atoms with Crippen molar-refractivity contribution in [2.45, 2.75) is 77.7 Å². The minimum absolute atomic E-state index is 0.0556. The van der Waals surface area contributed by atoms with Gasteiger partial charge in [-0.1, -0.05) is 144 Å². The Hall–Kier alpha value is -5.19. The van der Waals surface area contributed by atoms with Gasteiger partial charge in [0.1, 0.15) is 23.2 Å². The van der Waals surface area contributed by atoms with Crippen LogP contribution >= 0.6 is 18.2 Å². The summed E-state index contributed by atoms with van der Waals surface area (Å²) in [6.07, 6.45) is 8.13. The summed E-state index contributed by atoms with van der Waals surface area (Å²) >= 11 is 1.39. The van der Waals surface area contributed by atoms with Crippen LogP contribution in [0.4, 0.5) is 0 Å². The highest BCUT2D eigenvalue weighted by Gasteiger charge is 2.59. The van der Waals surface area contributed by atoms with E-state index in [1.165, 1.54) is 17.4 Å². The van der Waals surface area contributed by atoms with Crippen molar-refractivity contribution in [3.63, 3.8) is 0 Å². The summed E-state index contributed by atoms with van der Waals surface area (Å²) in [5.41, 5.74) is 2.09. The zero-order valence-corrected chi connectivity index (χ0v) is 38.9. The molecule has 0 saturated carbocycles. The summed E-state index contributed by atoms with van der Waals surface area (Å²) in [6, 6.07) is 32.9. The van der Waals surface area contributed by atoms with Crippen molar-refractivity contribution in [1.29, 1.82) is 0 Å². The van der Waals surface area contributed by atoms with Gasteiger partial charge in [-0.15, -0.1) is 11.3 Å². The summed E-state index contributed by atoms with van der Waals surface area (Å²) in [7, 11) is -2.41. The Balaban J connectivity index is 1.46. The normalized spacial score (nSPS) is 17.3. The number of nitrogens with zero attached hydrogens (tertiary/aromatic N) is 4. The summed E-state index contributed by atoms with van der Waals surface area (Å²) < 4.78 is 14.9. The van der Waals surface area contributed by atoms with Gasteiger partial charge >= 0.3 is 5.97 Å². The van der Waals surface area contributed by atoms with E-state index in [0.29, 0.717) is 4.88 Å². The number of ketones is 1. The van der Waals surface area contributed by atoms with Gasteiger partial charge in [0, 0.05) is 37.3 Å². The van der Waals surface area contributed by atoms with Crippen LogP contribution in [0.1, 0.15) is 68.4 Å². The summed E-state index contributed by atoms with van der Waals surface area (Å²) in [4.78, 5) is 57.9. The average Bonchev–Trinajstić information content (AvgIpc) is 3.86. The van der Waals surface area contributed by atoms with Crippen LogP contribution in [-0.2, 0) is 18.8 Å². The van der Waals surface area contributed by atoms with Crippen molar-refractivity contribution < 1.29 is 23.5 Å². The Kier molecular flexibility index (Phi) is 12.7. The first-order valence-corrected chi connectivity index (χ1v) is 26.3. The number of Topliss-reactive ketones (excluding diaryl/α,β-unsaturated/α-hetero) is 1. The molecule has 0 aliphatic carbocycles. The van der Waals surface area contributed by atoms with Gasteiger partial charge in [-0.2, -0.15) is 0 Å². The fourth-order valence-electron chi connectivity index (χ4n) is 8.27. The van der Waals surface area contributed by atoms with Crippen molar-refractivity contribution in [2.75, 3.05) is 6.61 Å². The second-order valence-corrected chi connectivity index (χ2v) is 26.4. The monoisotopic (exact) mass is 870 g/mol. The molecule has 12 heteroatoms. The molecule has 1 amide bonds. The number of hydrogen-bond donors (Lipinski definition) is 0. The SMILES string of the molecule is C=CCOC(=O)C(N1C(=O)[C@H]([C@H](C)O[Si](C)(C)C(C)(C)C)[C@H]1[C@@H](C)C(=O)c1cn2cnc(C(C)c3cccnc3)c2s1)=P(c1ccccc1)(c1ccccc1)c1ccccc1. The quantitative estimate of drug-likeness (QED) is 0.0254. The largest absolute Gasteiger partial charge is 0.457 e. The maximum absolute atomic E-state index is 15.4. The number of hydrogen-bond acceptors (Lipinski definition) is 8. The first-order valence-electron chi connectivity index (χ1n) is 20.8. The molecule has 0 radical (unpaired) electrons. The fourth-order valence-corrected chi connectivity index (χ4v) is 15.3. The highest BCUT2D eigenvalue weighted by molar-refractivity contribution is 7.96. The molecular weight excluding hydrogens is 816 g/mol. The molecule has 1 unspecified atom stereocenters. The molecule has 3 aromatic carbocycles. The summed E-state index contributed by atoms with van der Waals surface area (Å²) in [5.74, 6) is -2.58. The first-order chi connectivity index (χ1) is 29.1. The van der Waals surface area contributed by atoms with Gasteiger partial charge in [0.25, 0.3) is 0 Å². The third-order valence-electron chi connectivity index (χ3n) is 12.5. The number of imidazole rings is 1. The Morgan fingerprint density at radius 3 is 1.98 bits per heavy atom. The van der Waals surface area contributed by atoms with E-state index >= 15 is 14.4 Å². The molecule has 9 nitrogen and oxygen atoms in total. The van der Waals surface area contributed by atoms with Crippen molar-refractivity contribution in [1.82, 2.24) is 19.3 Å². The van der Waals surface area contributed by atoms with Crippen LogP contribution in [-0.4, -0.2) is 69.4 Å². The fraction of sp³-hybridized carbons (Fsp3) is 0.306. The zero-order valence-electron chi connectivity index (χ0n) is 36.2. The van der Waals surface area contributed by atoms with Crippen molar-refractivity contribution in [3.05, 3.63) is 157 Å². The maximum Gasteiger partial charge on any atom is 0.356 e. The lowest BCUT2D eigenvalue weighted by Crippen LogP contribution is -2.71.